The molecule has 0 amide bonds. The van der Waals surface area contributed by atoms with Crippen molar-refractivity contribution in [3.63, 3.8) is 0 Å². The lowest BCUT2D eigenvalue weighted by Gasteiger charge is -2.29. The molecule has 0 atom stereocenters. The van der Waals surface area contributed by atoms with Crippen LogP contribution < -0.4 is 0 Å². The summed E-state index contributed by atoms with van der Waals surface area (Å²) in [6.45, 7) is 4.37. The van der Waals surface area contributed by atoms with Crippen LogP contribution in [0.5, 0.6) is 0 Å². The molecule has 0 saturated heterocycles. The number of oxime groups is 1. The Balaban J connectivity index is 1.78. The fourth-order valence-electron chi connectivity index (χ4n) is 3.81. The van der Waals surface area contributed by atoms with Crippen molar-refractivity contribution >= 4 is 16.5 Å². The van der Waals surface area contributed by atoms with Crippen molar-refractivity contribution in [3.8, 4) is 0 Å². The Morgan fingerprint density at radius 2 is 1.92 bits per heavy atom. The molecule has 4 heteroatoms. The van der Waals surface area contributed by atoms with Gasteiger partial charge in [-0.15, -0.1) is 0 Å². The topological polar surface area (TPSA) is 61.3 Å². The smallest absolute Gasteiger partial charge is 0.0910 e. The molecule has 1 aliphatic carbocycles. The largest absolute Gasteiger partial charge is 0.411 e. The number of benzene rings is 2. The summed E-state index contributed by atoms with van der Waals surface area (Å²) in [5.41, 5.74) is 5.11. The van der Waals surface area contributed by atoms with Gasteiger partial charge in [-0.05, 0) is 34.6 Å². The van der Waals surface area contributed by atoms with Gasteiger partial charge in [0.15, 0.2) is 0 Å². The number of aromatic amines is 1. The summed E-state index contributed by atoms with van der Waals surface area (Å²) >= 11 is 0. The number of hydrogen-bond donors (Lipinski definition) is 2. The first-order valence-electron chi connectivity index (χ1n) is 8.31. The Bertz CT molecular complexity index is 932. The number of aromatic nitrogens is 2. The number of fused-ring (bicyclic) bond motifs is 2. The van der Waals surface area contributed by atoms with Gasteiger partial charge < -0.3 is 5.21 Å². The Morgan fingerprint density at radius 1 is 1.12 bits per heavy atom. The van der Waals surface area contributed by atoms with Crippen LogP contribution >= 0.6 is 0 Å². The third kappa shape index (κ3) is 2.48. The number of rotatable bonds is 2. The van der Waals surface area contributed by atoms with Gasteiger partial charge in [0.25, 0.3) is 0 Å². The second kappa shape index (κ2) is 5.48. The lowest BCUT2D eigenvalue weighted by Crippen LogP contribution is -2.27. The molecule has 1 aliphatic rings. The molecular weight excluding hydrogens is 298 g/mol. The minimum absolute atomic E-state index is 0.0812. The van der Waals surface area contributed by atoms with Gasteiger partial charge in [-0.3, -0.25) is 5.10 Å². The SMILES string of the molecule is CC1(C)C/C(=N\O)c2c(Cc3cccc4ccccc34)n[nH]c2C1. The standard InChI is InChI=1S/C20H21N3O/c1-20(2)11-17-19(18(12-20)23-24)16(21-22-17)10-14-8-5-7-13-6-3-4-9-15(13)14/h3-9,24H,10-12H2,1-2H3,(H,21,22)/b23-18+. The van der Waals surface area contributed by atoms with E-state index in [-0.39, 0.29) is 5.41 Å². The van der Waals surface area contributed by atoms with E-state index in [4.69, 9.17) is 0 Å². The van der Waals surface area contributed by atoms with Crippen molar-refractivity contribution in [1.82, 2.24) is 10.2 Å². The molecule has 24 heavy (non-hydrogen) atoms. The maximum Gasteiger partial charge on any atom is 0.0910 e. The molecule has 2 aromatic carbocycles. The van der Waals surface area contributed by atoms with E-state index in [0.717, 1.165) is 41.9 Å². The van der Waals surface area contributed by atoms with Crippen LogP contribution in [0.4, 0.5) is 0 Å². The highest BCUT2D eigenvalue weighted by molar-refractivity contribution is 6.03. The highest BCUT2D eigenvalue weighted by Crippen LogP contribution is 2.36. The van der Waals surface area contributed by atoms with Gasteiger partial charge in [-0.2, -0.15) is 5.10 Å². The van der Waals surface area contributed by atoms with Crippen LogP contribution in [-0.4, -0.2) is 21.1 Å². The molecule has 0 unspecified atom stereocenters. The quantitative estimate of drug-likeness (QED) is 0.546. The minimum Gasteiger partial charge on any atom is -0.411 e. The van der Waals surface area contributed by atoms with Gasteiger partial charge in [0.1, 0.15) is 0 Å². The first-order valence-corrected chi connectivity index (χ1v) is 8.31. The van der Waals surface area contributed by atoms with E-state index in [0.29, 0.717) is 0 Å². The molecule has 1 aromatic heterocycles. The fourth-order valence-corrected chi connectivity index (χ4v) is 3.81. The van der Waals surface area contributed by atoms with Gasteiger partial charge >= 0.3 is 0 Å². The van der Waals surface area contributed by atoms with Crippen molar-refractivity contribution in [1.29, 1.82) is 0 Å². The summed E-state index contributed by atoms with van der Waals surface area (Å²) in [7, 11) is 0. The zero-order valence-electron chi connectivity index (χ0n) is 14.0. The summed E-state index contributed by atoms with van der Waals surface area (Å²) in [5.74, 6) is 0. The molecule has 122 valence electrons. The summed E-state index contributed by atoms with van der Waals surface area (Å²) in [6.07, 6.45) is 2.41. The van der Waals surface area contributed by atoms with Crippen LogP contribution in [0.1, 0.15) is 42.8 Å². The number of nitrogens with zero attached hydrogens (tertiary/aromatic N) is 2. The molecule has 4 nitrogen and oxygen atoms in total. The van der Waals surface area contributed by atoms with Crippen LogP contribution in [0.25, 0.3) is 10.8 Å². The average Bonchev–Trinajstić information content (AvgIpc) is 2.96. The maximum atomic E-state index is 9.50. The third-order valence-corrected chi connectivity index (χ3v) is 4.86. The Kier molecular flexibility index (Phi) is 3.41. The summed E-state index contributed by atoms with van der Waals surface area (Å²) in [5, 5.41) is 23.3. The fraction of sp³-hybridized carbons (Fsp3) is 0.300. The van der Waals surface area contributed by atoms with Crippen molar-refractivity contribution in [2.45, 2.75) is 33.1 Å². The first kappa shape index (κ1) is 14.9. The average molecular weight is 319 g/mol. The molecule has 0 saturated carbocycles. The highest BCUT2D eigenvalue weighted by Gasteiger charge is 2.33. The third-order valence-electron chi connectivity index (χ3n) is 4.86. The van der Waals surface area contributed by atoms with Gasteiger partial charge in [0.05, 0.1) is 11.4 Å². The molecular formula is C20H21N3O. The van der Waals surface area contributed by atoms with E-state index in [9.17, 15) is 5.21 Å². The molecule has 0 bridgehead atoms. The van der Waals surface area contributed by atoms with Gasteiger partial charge in [-0.25, -0.2) is 0 Å². The number of nitrogens with one attached hydrogen (secondary N) is 1. The second-order valence-electron chi connectivity index (χ2n) is 7.40. The van der Waals surface area contributed by atoms with E-state index in [2.05, 4.69) is 71.7 Å². The van der Waals surface area contributed by atoms with E-state index < -0.39 is 0 Å². The van der Waals surface area contributed by atoms with E-state index in [1.165, 1.54) is 16.3 Å². The molecule has 2 N–H and O–H groups in total. The molecule has 0 spiro atoms. The zero-order chi connectivity index (χ0) is 16.7. The van der Waals surface area contributed by atoms with Gasteiger partial charge in [0, 0.05) is 17.7 Å². The molecule has 0 fully saturated rings. The van der Waals surface area contributed by atoms with E-state index in [1.807, 2.05) is 0 Å². The number of hydrogen-bond acceptors (Lipinski definition) is 3. The maximum absolute atomic E-state index is 9.50. The minimum atomic E-state index is 0.0812. The van der Waals surface area contributed by atoms with E-state index >= 15 is 0 Å². The highest BCUT2D eigenvalue weighted by atomic mass is 16.4. The van der Waals surface area contributed by atoms with Crippen LogP contribution in [0, 0.1) is 5.41 Å². The Morgan fingerprint density at radius 3 is 2.75 bits per heavy atom. The predicted octanol–water partition coefficient (Wildman–Crippen LogP) is 4.30. The zero-order valence-corrected chi connectivity index (χ0v) is 14.0. The molecule has 4 rings (SSSR count). The lowest BCUT2D eigenvalue weighted by molar-refractivity contribution is 0.306. The van der Waals surface area contributed by atoms with E-state index in [1.54, 1.807) is 0 Å². The van der Waals surface area contributed by atoms with Crippen LogP contribution in [0.15, 0.2) is 47.6 Å². The lowest BCUT2D eigenvalue weighted by atomic mass is 9.75. The molecule has 1 heterocycles. The molecule has 3 aromatic rings. The Hall–Kier alpha value is -2.62. The number of H-pyrrole nitrogens is 1. The summed E-state index contributed by atoms with van der Waals surface area (Å²) in [4.78, 5) is 0. The van der Waals surface area contributed by atoms with Crippen LogP contribution in [0.3, 0.4) is 0 Å². The monoisotopic (exact) mass is 319 g/mol. The van der Waals surface area contributed by atoms with Crippen molar-refractivity contribution in [3.05, 3.63) is 65.0 Å². The normalized spacial score (nSPS) is 18.0. The second-order valence-corrected chi connectivity index (χ2v) is 7.40. The van der Waals surface area contributed by atoms with Gasteiger partial charge in [0.2, 0.25) is 0 Å². The van der Waals surface area contributed by atoms with Crippen molar-refractivity contribution < 1.29 is 5.21 Å². The summed E-state index contributed by atoms with van der Waals surface area (Å²) in [6, 6.07) is 14.8. The van der Waals surface area contributed by atoms with Crippen molar-refractivity contribution in [2.75, 3.05) is 0 Å². The van der Waals surface area contributed by atoms with Crippen molar-refractivity contribution in [2.24, 2.45) is 10.6 Å². The first-order chi connectivity index (χ1) is 11.6. The summed E-state index contributed by atoms with van der Waals surface area (Å²) < 4.78 is 0. The Labute approximate surface area is 141 Å². The van der Waals surface area contributed by atoms with Crippen LogP contribution in [0.2, 0.25) is 0 Å². The van der Waals surface area contributed by atoms with Crippen LogP contribution in [-0.2, 0) is 12.8 Å². The predicted molar refractivity (Wildman–Crippen MR) is 95.8 cm³/mol. The van der Waals surface area contributed by atoms with Gasteiger partial charge in [-0.1, -0.05) is 61.5 Å². The molecule has 0 aliphatic heterocycles. The molecule has 0 radical (unpaired) electrons.